The number of sulfonamides is 1. The van der Waals surface area contributed by atoms with Gasteiger partial charge in [0.1, 0.15) is 9.96 Å². The van der Waals surface area contributed by atoms with Crippen LogP contribution in [0.25, 0.3) is 10.6 Å². The largest absolute Gasteiger partial charge is 0.497 e. The Morgan fingerprint density at radius 3 is 2.31 bits per heavy atom. The molecule has 0 spiro atoms. The van der Waals surface area contributed by atoms with E-state index in [1.54, 1.807) is 23.5 Å². The number of hydrogen-bond acceptors (Lipinski definition) is 7. The first-order valence-electron chi connectivity index (χ1n) is 9.32. The van der Waals surface area contributed by atoms with Gasteiger partial charge in [-0.1, -0.05) is 5.16 Å². The van der Waals surface area contributed by atoms with Gasteiger partial charge in [0.15, 0.2) is 5.76 Å². The molecule has 0 unspecified atom stereocenters. The SMILES string of the molecule is COc1ccc(N2CCN(S(=O)(=O)c3ccc(-c4onc(C)c4C)s3)CC2)cc1. The third kappa shape index (κ3) is 3.77. The van der Waals surface area contributed by atoms with Crippen molar-refractivity contribution in [2.75, 3.05) is 38.2 Å². The van der Waals surface area contributed by atoms with Gasteiger partial charge in [0.2, 0.25) is 0 Å². The van der Waals surface area contributed by atoms with Gasteiger partial charge in [-0.2, -0.15) is 4.31 Å². The first-order chi connectivity index (χ1) is 13.9. The minimum atomic E-state index is -3.53. The van der Waals surface area contributed by atoms with E-state index in [0.717, 1.165) is 27.6 Å². The van der Waals surface area contributed by atoms with E-state index >= 15 is 0 Å². The molecule has 1 aromatic carbocycles. The van der Waals surface area contributed by atoms with Gasteiger partial charge in [0, 0.05) is 37.4 Å². The molecule has 1 fully saturated rings. The molecule has 0 aliphatic carbocycles. The molecule has 3 heterocycles. The minimum Gasteiger partial charge on any atom is -0.497 e. The summed E-state index contributed by atoms with van der Waals surface area (Å²) in [5.41, 5.74) is 2.81. The molecule has 154 valence electrons. The first kappa shape index (κ1) is 19.9. The molecule has 4 rings (SSSR count). The standard InChI is InChI=1S/C20H23N3O4S2/c1-14-15(2)21-27-20(14)18-8-9-19(28-18)29(24,25)23-12-10-22(11-13-23)16-4-6-17(26-3)7-5-16/h4-9H,10-13H2,1-3H3. The van der Waals surface area contributed by atoms with Crippen molar-refractivity contribution in [1.29, 1.82) is 0 Å². The molecule has 0 atom stereocenters. The zero-order valence-corrected chi connectivity index (χ0v) is 18.2. The lowest BCUT2D eigenvalue weighted by Gasteiger charge is -2.35. The summed E-state index contributed by atoms with van der Waals surface area (Å²) in [5, 5.41) is 3.96. The summed E-state index contributed by atoms with van der Waals surface area (Å²) >= 11 is 1.22. The normalized spacial score (nSPS) is 15.6. The number of methoxy groups -OCH3 is 1. The number of rotatable bonds is 5. The zero-order valence-electron chi connectivity index (χ0n) is 16.6. The second kappa shape index (κ2) is 7.81. The van der Waals surface area contributed by atoms with Gasteiger partial charge in [0.25, 0.3) is 10.0 Å². The molecule has 7 nitrogen and oxygen atoms in total. The molecule has 9 heteroatoms. The molecule has 0 bridgehead atoms. The van der Waals surface area contributed by atoms with Crippen LogP contribution in [0.2, 0.25) is 0 Å². The van der Waals surface area contributed by atoms with Crippen LogP contribution < -0.4 is 9.64 Å². The molecule has 29 heavy (non-hydrogen) atoms. The second-order valence-corrected chi connectivity index (χ2v) is 10.2. The highest BCUT2D eigenvalue weighted by Crippen LogP contribution is 2.35. The minimum absolute atomic E-state index is 0.332. The van der Waals surface area contributed by atoms with E-state index in [0.29, 0.717) is 36.1 Å². The van der Waals surface area contributed by atoms with Crippen molar-refractivity contribution in [2.24, 2.45) is 0 Å². The smallest absolute Gasteiger partial charge is 0.252 e. The van der Waals surface area contributed by atoms with Crippen LogP contribution in [-0.4, -0.2) is 51.2 Å². The highest BCUT2D eigenvalue weighted by Gasteiger charge is 2.30. The van der Waals surface area contributed by atoms with E-state index in [1.165, 1.54) is 11.3 Å². The predicted molar refractivity (Wildman–Crippen MR) is 113 cm³/mol. The lowest BCUT2D eigenvalue weighted by molar-refractivity contribution is 0.385. The van der Waals surface area contributed by atoms with Crippen molar-refractivity contribution in [3.05, 3.63) is 47.7 Å². The molecule has 1 aliphatic rings. The average molecular weight is 434 g/mol. The average Bonchev–Trinajstić information content (AvgIpc) is 3.36. The van der Waals surface area contributed by atoms with Crippen LogP contribution in [0.15, 0.2) is 45.1 Å². The quantitative estimate of drug-likeness (QED) is 0.613. The van der Waals surface area contributed by atoms with Gasteiger partial charge >= 0.3 is 0 Å². The third-order valence-electron chi connectivity index (χ3n) is 5.23. The van der Waals surface area contributed by atoms with Crippen molar-refractivity contribution >= 4 is 27.0 Å². The number of anilines is 1. The molecule has 1 aliphatic heterocycles. The van der Waals surface area contributed by atoms with Gasteiger partial charge in [-0.25, -0.2) is 8.42 Å². The lowest BCUT2D eigenvalue weighted by Crippen LogP contribution is -2.48. The summed E-state index contributed by atoms with van der Waals surface area (Å²) < 4.78 is 38.7. The topological polar surface area (TPSA) is 75.9 Å². The summed E-state index contributed by atoms with van der Waals surface area (Å²) in [5.74, 6) is 1.44. The Kier molecular flexibility index (Phi) is 5.37. The van der Waals surface area contributed by atoms with Crippen molar-refractivity contribution in [2.45, 2.75) is 18.1 Å². The highest BCUT2D eigenvalue weighted by molar-refractivity contribution is 7.91. The summed E-state index contributed by atoms with van der Waals surface area (Å²) in [6.07, 6.45) is 0. The molecule has 3 aromatic rings. The van der Waals surface area contributed by atoms with Crippen molar-refractivity contribution in [3.63, 3.8) is 0 Å². The lowest BCUT2D eigenvalue weighted by atomic mass is 10.2. The van der Waals surface area contributed by atoms with E-state index in [-0.39, 0.29) is 0 Å². The van der Waals surface area contributed by atoms with E-state index in [9.17, 15) is 8.42 Å². The predicted octanol–water partition coefficient (Wildman–Crippen LogP) is 3.54. The Balaban J connectivity index is 1.47. The molecular weight excluding hydrogens is 410 g/mol. The maximum Gasteiger partial charge on any atom is 0.252 e. The summed E-state index contributed by atoms with van der Waals surface area (Å²) in [4.78, 5) is 2.96. The Labute approximate surface area is 174 Å². The fourth-order valence-electron chi connectivity index (χ4n) is 3.33. The van der Waals surface area contributed by atoms with Crippen molar-refractivity contribution in [1.82, 2.24) is 9.46 Å². The van der Waals surface area contributed by atoms with Gasteiger partial charge in [-0.15, -0.1) is 11.3 Å². The number of thiophene rings is 1. The number of nitrogens with zero attached hydrogens (tertiary/aromatic N) is 3. The molecular formula is C20H23N3O4S2. The maximum absolute atomic E-state index is 13.1. The van der Waals surface area contributed by atoms with E-state index in [1.807, 2.05) is 38.1 Å². The van der Waals surface area contributed by atoms with Crippen LogP contribution in [-0.2, 0) is 10.0 Å². The van der Waals surface area contributed by atoms with Crippen LogP contribution in [0, 0.1) is 13.8 Å². The number of aryl methyl sites for hydroxylation is 1. The van der Waals surface area contributed by atoms with Gasteiger partial charge in [0.05, 0.1) is 17.7 Å². The van der Waals surface area contributed by atoms with Crippen molar-refractivity contribution in [3.8, 4) is 16.4 Å². The monoisotopic (exact) mass is 433 g/mol. The third-order valence-corrected chi connectivity index (χ3v) is 8.68. The molecule has 0 N–H and O–H groups in total. The number of aromatic nitrogens is 1. The van der Waals surface area contributed by atoms with Crippen LogP contribution in [0.4, 0.5) is 5.69 Å². The Morgan fingerprint density at radius 1 is 1.03 bits per heavy atom. The Morgan fingerprint density at radius 2 is 1.72 bits per heavy atom. The molecule has 1 saturated heterocycles. The molecule has 0 amide bonds. The highest BCUT2D eigenvalue weighted by atomic mass is 32.2. The van der Waals surface area contributed by atoms with Crippen LogP contribution in [0.1, 0.15) is 11.3 Å². The number of piperazine rings is 1. The molecule has 0 saturated carbocycles. The zero-order chi connectivity index (χ0) is 20.6. The fraction of sp³-hybridized carbons (Fsp3) is 0.350. The van der Waals surface area contributed by atoms with Gasteiger partial charge in [-0.05, 0) is 50.2 Å². The van der Waals surface area contributed by atoms with Crippen LogP contribution in [0.3, 0.4) is 0 Å². The Bertz CT molecular complexity index is 1100. The van der Waals surface area contributed by atoms with Crippen LogP contribution >= 0.6 is 11.3 Å². The number of benzene rings is 1. The molecule has 2 aromatic heterocycles. The van der Waals surface area contributed by atoms with Crippen molar-refractivity contribution < 1.29 is 17.7 Å². The van der Waals surface area contributed by atoms with E-state index < -0.39 is 10.0 Å². The van der Waals surface area contributed by atoms with Gasteiger partial charge in [-0.3, -0.25) is 0 Å². The molecule has 0 radical (unpaired) electrons. The van der Waals surface area contributed by atoms with Gasteiger partial charge < -0.3 is 14.2 Å². The number of hydrogen-bond donors (Lipinski definition) is 0. The first-order valence-corrected chi connectivity index (χ1v) is 11.6. The summed E-state index contributed by atoms with van der Waals surface area (Å²) in [7, 11) is -1.89. The fourth-order valence-corrected chi connectivity index (χ4v) is 6.25. The summed E-state index contributed by atoms with van der Waals surface area (Å²) in [6.45, 7) is 5.97. The van der Waals surface area contributed by atoms with E-state index in [2.05, 4.69) is 10.1 Å². The Hall–Kier alpha value is -2.36. The van der Waals surface area contributed by atoms with Crippen LogP contribution in [0.5, 0.6) is 5.75 Å². The maximum atomic E-state index is 13.1. The second-order valence-electron chi connectivity index (χ2n) is 6.93. The van der Waals surface area contributed by atoms with E-state index in [4.69, 9.17) is 9.26 Å². The summed E-state index contributed by atoms with van der Waals surface area (Å²) in [6, 6.07) is 11.3. The number of ether oxygens (including phenoxy) is 1.